The van der Waals surface area contributed by atoms with Gasteiger partial charge in [0.1, 0.15) is 0 Å². The molecule has 15 heavy (non-hydrogen) atoms. The van der Waals surface area contributed by atoms with Crippen LogP contribution in [0.1, 0.15) is 35.4 Å². The number of rotatable bonds is 0. The fraction of sp³-hybridized carbons (Fsp3) is 0.538. The first-order valence-corrected chi connectivity index (χ1v) is 6.07. The molecule has 0 radical (unpaired) electrons. The molecule has 1 aliphatic heterocycles. The summed E-state index contributed by atoms with van der Waals surface area (Å²) in [6, 6.07) is 4.49. The lowest BCUT2D eigenvalue weighted by Crippen LogP contribution is -2.12. The quantitative estimate of drug-likeness (QED) is 0.710. The highest BCUT2D eigenvalue weighted by molar-refractivity contribution is 6.31. The van der Waals surface area contributed by atoms with Crippen molar-refractivity contribution >= 4 is 11.6 Å². The molecule has 1 nitrogen and oxygen atoms in total. The molecule has 80 valence electrons. The summed E-state index contributed by atoms with van der Waals surface area (Å²) in [6.07, 6.45) is 0. The summed E-state index contributed by atoms with van der Waals surface area (Å²) >= 11 is 6.20. The highest BCUT2D eigenvalue weighted by Gasteiger charge is 2.41. The van der Waals surface area contributed by atoms with Gasteiger partial charge < -0.3 is 5.32 Å². The lowest BCUT2D eigenvalue weighted by atomic mass is 9.91. The van der Waals surface area contributed by atoms with Crippen molar-refractivity contribution in [2.75, 3.05) is 13.1 Å². The summed E-state index contributed by atoms with van der Waals surface area (Å²) < 4.78 is 0. The first-order valence-electron chi connectivity index (χ1n) is 5.69. The Labute approximate surface area is 95.8 Å². The molecule has 3 rings (SSSR count). The van der Waals surface area contributed by atoms with Gasteiger partial charge in [0, 0.05) is 17.5 Å². The highest BCUT2D eigenvalue weighted by Crippen LogP contribution is 2.49. The molecule has 1 fully saturated rings. The Hall–Kier alpha value is -0.530. The monoisotopic (exact) mass is 221 g/mol. The summed E-state index contributed by atoms with van der Waals surface area (Å²) in [5.41, 5.74) is 4.25. The molecule has 0 aromatic heterocycles. The molecule has 1 saturated heterocycles. The Morgan fingerprint density at radius 1 is 1.27 bits per heavy atom. The maximum atomic E-state index is 6.20. The maximum Gasteiger partial charge on any atom is 0.0438 e. The number of hydrogen-bond donors (Lipinski definition) is 1. The van der Waals surface area contributed by atoms with Crippen molar-refractivity contribution in [3.05, 3.63) is 33.8 Å². The summed E-state index contributed by atoms with van der Waals surface area (Å²) in [4.78, 5) is 0. The average molecular weight is 222 g/mol. The van der Waals surface area contributed by atoms with Crippen molar-refractivity contribution in [3.8, 4) is 0 Å². The van der Waals surface area contributed by atoms with E-state index < -0.39 is 0 Å². The molecule has 0 unspecified atom stereocenters. The van der Waals surface area contributed by atoms with Gasteiger partial charge in [-0.15, -0.1) is 0 Å². The maximum absolute atomic E-state index is 6.20. The minimum absolute atomic E-state index is 0.665. The zero-order valence-electron chi connectivity index (χ0n) is 9.18. The van der Waals surface area contributed by atoms with Crippen LogP contribution in [0.3, 0.4) is 0 Å². The van der Waals surface area contributed by atoms with E-state index in [1.54, 1.807) is 5.56 Å². The second kappa shape index (κ2) is 3.23. The fourth-order valence-corrected chi connectivity index (χ4v) is 3.40. The van der Waals surface area contributed by atoms with Crippen LogP contribution in [-0.2, 0) is 0 Å². The molecule has 0 spiro atoms. The van der Waals surface area contributed by atoms with E-state index in [9.17, 15) is 0 Å². The normalized spacial score (nSPS) is 32.9. The lowest BCUT2D eigenvalue weighted by molar-refractivity contribution is 0.487. The molecule has 1 aliphatic carbocycles. The summed E-state index contributed by atoms with van der Waals surface area (Å²) in [5.74, 6) is 2.18. The molecule has 0 amide bonds. The van der Waals surface area contributed by atoms with Crippen molar-refractivity contribution in [1.82, 2.24) is 5.32 Å². The molecule has 1 N–H and O–H groups in total. The van der Waals surface area contributed by atoms with Crippen LogP contribution < -0.4 is 5.32 Å². The Balaban J connectivity index is 2.15. The molecule has 2 heteroatoms. The van der Waals surface area contributed by atoms with Crippen molar-refractivity contribution in [3.63, 3.8) is 0 Å². The zero-order chi connectivity index (χ0) is 10.6. The van der Waals surface area contributed by atoms with E-state index in [2.05, 4.69) is 31.3 Å². The Morgan fingerprint density at radius 3 is 2.87 bits per heavy atom. The topological polar surface area (TPSA) is 12.0 Å². The Kier molecular flexibility index (Phi) is 2.08. The van der Waals surface area contributed by atoms with Crippen LogP contribution in [0.25, 0.3) is 0 Å². The number of aryl methyl sites for hydroxylation is 1. The van der Waals surface area contributed by atoms with Crippen molar-refractivity contribution in [2.24, 2.45) is 5.92 Å². The molecular weight excluding hydrogens is 206 g/mol. The van der Waals surface area contributed by atoms with Crippen LogP contribution in [0.5, 0.6) is 0 Å². The second-order valence-corrected chi connectivity index (χ2v) is 5.35. The van der Waals surface area contributed by atoms with Crippen LogP contribution in [-0.4, -0.2) is 13.1 Å². The molecular formula is C13H16ClN. The predicted molar refractivity (Wildman–Crippen MR) is 63.7 cm³/mol. The average Bonchev–Trinajstić information content (AvgIpc) is 2.75. The van der Waals surface area contributed by atoms with Crippen LogP contribution in [0.15, 0.2) is 12.1 Å². The SMILES string of the molecule is Cc1cc2c(cc1Cl)[C@H](C)[C@@H]1CNC[C@H]21. The van der Waals surface area contributed by atoms with E-state index in [-0.39, 0.29) is 0 Å². The predicted octanol–water partition coefficient (Wildman–Crippen LogP) is 3.07. The summed E-state index contributed by atoms with van der Waals surface area (Å²) in [5, 5.41) is 4.42. The molecule has 1 aromatic carbocycles. The number of halogens is 1. The Bertz CT molecular complexity index is 413. The first-order chi connectivity index (χ1) is 7.18. The van der Waals surface area contributed by atoms with Gasteiger partial charge in [-0.25, -0.2) is 0 Å². The van der Waals surface area contributed by atoms with Crippen molar-refractivity contribution in [1.29, 1.82) is 0 Å². The van der Waals surface area contributed by atoms with Crippen molar-refractivity contribution in [2.45, 2.75) is 25.7 Å². The van der Waals surface area contributed by atoms with Gasteiger partial charge in [0.2, 0.25) is 0 Å². The van der Waals surface area contributed by atoms with Gasteiger partial charge in [-0.2, -0.15) is 0 Å². The van der Waals surface area contributed by atoms with Gasteiger partial charge in [-0.1, -0.05) is 24.6 Å². The minimum atomic E-state index is 0.665. The smallest absolute Gasteiger partial charge is 0.0438 e. The number of nitrogens with one attached hydrogen (secondary N) is 1. The molecule has 1 heterocycles. The third-order valence-electron chi connectivity index (χ3n) is 4.16. The van der Waals surface area contributed by atoms with Crippen LogP contribution in [0.4, 0.5) is 0 Å². The third-order valence-corrected chi connectivity index (χ3v) is 4.56. The summed E-state index contributed by atoms with van der Waals surface area (Å²) in [7, 11) is 0. The number of fused-ring (bicyclic) bond motifs is 3. The van der Waals surface area contributed by atoms with Crippen LogP contribution >= 0.6 is 11.6 Å². The van der Waals surface area contributed by atoms with Gasteiger partial charge >= 0.3 is 0 Å². The molecule has 0 bridgehead atoms. The van der Waals surface area contributed by atoms with Gasteiger partial charge in [-0.05, 0) is 48.1 Å². The first kappa shape index (κ1) is 9.68. The molecule has 0 saturated carbocycles. The van der Waals surface area contributed by atoms with Gasteiger partial charge in [-0.3, -0.25) is 0 Å². The van der Waals surface area contributed by atoms with E-state index >= 15 is 0 Å². The van der Waals surface area contributed by atoms with E-state index in [0.717, 1.165) is 29.9 Å². The van der Waals surface area contributed by atoms with Crippen LogP contribution in [0.2, 0.25) is 5.02 Å². The Morgan fingerprint density at radius 2 is 2.07 bits per heavy atom. The van der Waals surface area contributed by atoms with Crippen LogP contribution in [0, 0.1) is 12.8 Å². The molecule has 1 aromatic rings. The minimum Gasteiger partial charge on any atom is -0.316 e. The number of benzene rings is 1. The second-order valence-electron chi connectivity index (χ2n) is 4.95. The standard InChI is InChI=1S/C13H16ClN/c1-7-3-10-9(4-13(7)14)8(2)11-5-15-6-12(10)11/h3-4,8,11-12,15H,5-6H2,1-2H3/t8-,11-,12+/m0/s1. The fourth-order valence-electron chi connectivity index (χ4n) is 3.23. The molecule has 3 atom stereocenters. The van der Waals surface area contributed by atoms with Gasteiger partial charge in [0.25, 0.3) is 0 Å². The lowest BCUT2D eigenvalue weighted by Gasteiger charge is -2.12. The largest absolute Gasteiger partial charge is 0.316 e. The van der Waals surface area contributed by atoms with Gasteiger partial charge in [0.15, 0.2) is 0 Å². The van der Waals surface area contributed by atoms with Crippen molar-refractivity contribution < 1.29 is 0 Å². The zero-order valence-corrected chi connectivity index (χ0v) is 9.93. The van der Waals surface area contributed by atoms with E-state index in [4.69, 9.17) is 11.6 Å². The van der Waals surface area contributed by atoms with E-state index in [1.807, 2.05) is 0 Å². The highest BCUT2D eigenvalue weighted by atomic mass is 35.5. The summed E-state index contributed by atoms with van der Waals surface area (Å²) in [6.45, 7) is 6.74. The molecule has 2 aliphatic rings. The number of hydrogen-bond acceptors (Lipinski definition) is 1. The third kappa shape index (κ3) is 1.26. The van der Waals surface area contributed by atoms with E-state index in [1.165, 1.54) is 11.1 Å². The van der Waals surface area contributed by atoms with Gasteiger partial charge in [0.05, 0.1) is 0 Å². The van der Waals surface area contributed by atoms with E-state index in [0.29, 0.717) is 5.92 Å².